The third kappa shape index (κ3) is 3.02. The first kappa shape index (κ1) is 18.1. The van der Waals surface area contributed by atoms with Gasteiger partial charge in [0, 0.05) is 23.5 Å². The summed E-state index contributed by atoms with van der Waals surface area (Å²) >= 11 is 0. The van der Waals surface area contributed by atoms with E-state index in [1.165, 1.54) is 7.11 Å². The van der Waals surface area contributed by atoms with E-state index < -0.39 is 11.9 Å². The molecule has 0 unspecified atom stereocenters. The number of furan rings is 1. The number of carbonyl (C=O) groups excluding carboxylic acids is 2. The largest absolute Gasteiger partial charge is 0.464 e. The molecular weight excluding hydrogens is 374 g/mol. The van der Waals surface area contributed by atoms with Crippen LogP contribution in [0.25, 0.3) is 16.8 Å². The maximum atomic E-state index is 12.9. The minimum Gasteiger partial charge on any atom is -0.464 e. The number of aromatic nitrogens is 3. The van der Waals surface area contributed by atoms with Crippen molar-refractivity contribution in [3.8, 4) is 12.0 Å². The van der Waals surface area contributed by atoms with Gasteiger partial charge in [0.15, 0.2) is 5.69 Å². The third-order valence-electron chi connectivity index (χ3n) is 4.44. The highest BCUT2D eigenvalue weighted by Gasteiger charge is 2.25. The number of fused-ring (bicyclic) bond motifs is 1. The predicted octanol–water partition coefficient (Wildman–Crippen LogP) is 3.17. The van der Waals surface area contributed by atoms with E-state index in [4.69, 9.17) is 9.15 Å². The number of nitrogens with one attached hydrogen (secondary N) is 2. The van der Waals surface area contributed by atoms with Gasteiger partial charge in [0.2, 0.25) is 5.88 Å². The van der Waals surface area contributed by atoms with Crippen molar-refractivity contribution in [1.82, 2.24) is 14.8 Å². The topological polar surface area (TPSA) is 126 Å². The Labute approximate surface area is 164 Å². The average molecular weight is 389 g/mol. The van der Waals surface area contributed by atoms with Crippen molar-refractivity contribution in [3.05, 3.63) is 65.3 Å². The van der Waals surface area contributed by atoms with E-state index >= 15 is 0 Å². The predicted molar refractivity (Wildman–Crippen MR) is 103 cm³/mol. The Morgan fingerprint density at radius 3 is 2.76 bits per heavy atom. The second kappa shape index (κ2) is 7.01. The number of aryl methyl sites for hydroxylation is 1. The summed E-state index contributed by atoms with van der Waals surface area (Å²) in [6.45, 7) is 1.62. The normalized spacial score (nSPS) is 10.7. The van der Waals surface area contributed by atoms with Crippen molar-refractivity contribution in [2.24, 2.45) is 0 Å². The summed E-state index contributed by atoms with van der Waals surface area (Å²) in [5.41, 5.74) is 1.45. The van der Waals surface area contributed by atoms with Crippen LogP contribution in [-0.2, 0) is 4.74 Å². The number of hydrogen-bond acceptors (Lipinski definition) is 6. The lowest BCUT2D eigenvalue weighted by molar-refractivity contribution is 0.0596. The molecular formula is C20H15N5O4. The fraction of sp³-hybridized carbons (Fsp3) is 0.100. The lowest BCUT2D eigenvalue weighted by Gasteiger charge is -2.05. The van der Waals surface area contributed by atoms with E-state index in [1.54, 1.807) is 54.2 Å². The Morgan fingerprint density at radius 1 is 1.31 bits per heavy atom. The van der Waals surface area contributed by atoms with Crippen LogP contribution in [0.5, 0.6) is 0 Å². The molecule has 0 spiro atoms. The van der Waals surface area contributed by atoms with Gasteiger partial charge in [-0.3, -0.25) is 14.5 Å². The van der Waals surface area contributed by atoms with Crippen LogP contribution >= 0.6 is 0 Å². The molecule has 4 aromatic rings. The van der Waals surface area contributed by atoms with Crippen LogP contribution in [-0.4, -0.2) is 33.8 Å². The summed E-state index contributed by atoms with van der Waals surface area (Å²) in [4.78, 5) is 24.7. The van der Waals surface area contributed by atoms with Gasteiger partial charge in [-0.25, -0.2) is 4.79 Å². The number of nitrogens with zero attached hydrogens (tertiary/aromatic N) is 3. The van der Waals surface area contributed by atoms with Crippen molar-refractivity contribution >= 4 is 28.5 Å². The summed E-state index contributed by atoms with van der Waals surface area (Å²) in [5, 5.41) is 19.5. The van der Waals surface area contributed by atoms with E-state index in [0.29, 0.717) is 22.4 Å². The number of benzene rings is 1. The molecule has 144 valence electrons. The van der Waals surface area contributed by atoms with E-state index in [2.05, 4.69) is 15.5 Å². The number of amides is 1. The maximum Gasteiger partial charge on any atom is 0.359 e. The Hall–Kier alpha value is -4.32. The van der Waals surface area contributed by atoms with Gasteiger partial charge in [0.1, 0.15) is 23.0 Å². The Balaban J connectivity index is 1.70. The smallest absolute Gasteiger partial charge is 0.359 e. The number of carbonyl (C=O) groups is 2. The van der Waals surface area contributed by atoms with Crippen LogP contribution in [0, 0.1) is 18.3 Å². The van der Waals surface area contributed by atoms with Crippen molar-refractivity contribution in [2.45, 2.75) is 6.92 Å². The van der Waals surface area contributed by atoms with Crippen molar-refractivity contribution in [3.63, 3.8) is 0 Å². The van der Waals surface area contributed by atoms with Crippen LogP contribution in [0.4, 0.5) is 5.69 Å². The molecule has 0 aliphatic heterocycles. The van der Waals surface area contributed by atoms with Crippen LogP contribution in [0.15, 0.2) is 47.1 Å². The summed E-state index contributed by atoms with van der Waals surface area (Å²) in [7, 11) is 1.27. The monoisotopic (exact) mass is 389 g/mol. The summed E-state index contributed by atoms with van der Waals surface area (Å²) in [6.07, 6.45) is 3.45. The van der Waals surface area contributed by atoms with E-state index in [9.17, 15) is 14.9 Å². The first-order valence-corrected chi connectivity index (χ1v) is 8.58. The molecule has 29 heavy (non-hydrogen) atoms. The summed E-state index contributed by atoms with van der Waals surface area (Å²) < 4.78 is 12.0. The van der Waals surface area contributed by atoms with Gasteiger partial charge < -0.3 is 14.5 Å². The lowest BCUT2D eigenvalue weighted by Crippen LogP contribution is -2.14. The molecule has 0 bridgehead atoms. The zero-order valence-corrected chi connectivity index (χ0v) is 15.5. The van der Waals surface area contributed by atoms with Crippen LogP contribution in [0.2, 0.25) is 0 Å². The Morgan fingerprint density at radius 2 is 2.07 bits per heavy atom. The van der Waals surface area contributed by atoms with Crippen LogP contribution in [0.1, 0.15) is 32.2 Å². The number of hydrogen-bond donors (Lipinski definition) is 2. The van der Waals surface area contributed by atoms with E-state index in [0.717, 1.165) is 0 Å². The number of esters is 1. The number of H-pyrrole nitrogens is 1. The molecule has 3 heterocycles. The van der Waals surface area contributed by atoms with Gasteiger partial charge in [-0.1, -0.05) is 0 Å². The number of anilines is 1. The van der Waals surface area contributed by atoms with Crippen LogP contribution in [0.3, 0.4) is 0 Å². The zero-order valence-electron chi connectivity index (χ0n) is 15.5. The Kier molecular flexibility index (Phi) is 4.37. The fourth-order valence-corrected chi connectivity index (χ4v) is 3.10. The second-order valence-corrected chi connectivity index (χ2v) is 6.19. The molecule has 1 amide bonds. The van der Waals surface area contributed by atoms with Gasteiger partial charge in [-0.15, -0.1) is 0 Å². The highest BCUT2D eigenvalue weighted by Crippen LogP contribution is 2.27. The first-order valence-electron chi connectivity index (χ1n) is 8.58. The highest BCUT2D eigenvalue weighted by atomic mass is 16.5. The number of rotatable bonds is 4. The maximum absolute atomic E-state index is 12.9. The molecule has 3 aromatic heterocycles. The minimum atomic E-state index is -0.589. The van der Waals surface area contributed by atoms with Gasteiger partial charge >= 0.3 is 5.97 Å². The fourth-order valence-electron chi connectivity index (χ4n) is 3.10. The van der Waals surface area contributed by atoms with E-state index in [1.807, 2.05) is 6.07 Å². The molecule has 0 fully saturated rings. The first-order chi connectivity index (χ1) is 14.0. The molecule has 9 nitrogen and oxygen atoms in total. The van der Waals surface area contributed by atoms with Crippen LogP contribution < -0.4 is 5.32 Å². The molecule has 0 aliphatic carbocycles. The van der Waals surface area contributed by atoms with Crippen molar-refractivity contribution in [1.29, 1.82) is 5.26 Å². The standard InChI is InChI=1S/C20H15N5O4/c1-11-16(14(10-21)19(29-11)25-7-3-4-8-25)18(26)22-12-5-6-15-13(9-12)17(24-23-15)20(27)28-2/h3-9H,1-2H3,(H,22,26)(H,23,24). The van der Waals surface area contributed by atoms with Gasteiger partial charge in [-0.2, -0.15) is 10.4 Å². The quantitative estimate of drug-likeness (QED) is 0.516. The van der Waals surface area contributed by atoms with Gasteiger partial charge in [0.05, 0.1) is 12.6 Å². The SMILES string of the molecule is COC(=O)c1n[nH]c2ccc(NC(=O)c3c(C)oc(-n4cccc4)c3C#N)cc12. The molecule has 0 saturated carbocycles. The Bertz CT molecular complexity index is 1270. The number of methoxy groups -OCH3 is 1. The molecule has 9 heteroatoms. The molecule has 0 atom stereocenters. The van der Waals surface area contributed by atoms with Crippen molar-refractivity contribution in [2.75, 3.05) is 12.4 Å². The third-order valence-corrected chi connectivity index (χ3v) is 4.44. The van der Waals surface area contributed by atoms with Gasteiger partial charge in [0.25, 0.3) is 5.91 Å². The zero-order chi connectivity index (χ0) is 20.5. The molecule has 4 rings (SSSR count). The minimum absolute atomic E-state index is 0.116. The number of aromatic amines is 1. The average Bonchev–Trinajstić information content (AvgIpc) is 3.44. The lowest BCUT2D eigenvalue weighted by atomic mass is 10.1. The second-order valence-electron chi connectivity index (χ2n) is 6.19. The van der Waals surface area contributed by atoms with Crippen molar-refractivity contribution < 1.29 is 18.7 Å². The number of ether oxygens (including phenoxy) is 1. The van der Waals surface area contributed by atoms with E-state index in [-0.39, 0.29) is 22.7 Å². The van der Waals surface area contributed by atoms with Gasteiger partial charge in [-0.05, 0) is 37.3 Å². The molecule has 0 radical (unpaired) electrons. The molecule has 1 aromatic carbocycles. The molecule has 0 aliphatic rings. The highest BCUT2D eigenvalue weighted by molar-refractivity contribution is 6.09. The summed E-state index contributed by atoms with van der Waals surface area (Å²) in [5.74, 6) is -0.488. The molecule has 0 saturated heterocycles. The number of nitriles is 1. The molecule has 2 N–H and O–H groups in total. The summed E-state index contributed by atoms with van der Waals surface area (Å²) in [6, 6.07) is 10.6.